The molecule has 1 aromatic heterocycles. The fourth-order valence-electron chi connectivity index (χ4n) is 2.19. The molecule has 0 spiro atoms. The number of hydrogen-bond donors (Lipinski definition) is 1. The standard InChI is InChI=1S/C16H18N4O3/c1-11(14-6-4-5-9-17-14)18-16(21)13-10-12(20(22)23)7-8-15(13)19(2)3/h4-11H,1-3H3,(H,18,21). The molecule has 1 aromatic carbocycles. The van der Waals surface area contributed by atoms with E-state index in [4.69, 9.17) is 0 Å². The normalized spacial score (nSPS) is 11.6. The van der Waals surface area contributed by atoms with Crippen molar-refractivity contribution in [3.8, 4) is 0 Å². The summed E-state index contributed by atoms with van der Waals surface area (Å²) in [6, 6.07) is 9.37. The van der Waals surface area contributed by atoms with Gasteiger partial charge in [-0.1, -0.05) is 6.07 Å². The Labute approximate surface area is 134 Å². The number of benzene rings is 1. The number of rotatable bonds is 5. The Morgan fingerprint density at radius 1 is 1.30 bits per heavy atom. The van der Waals surface area contributed by atoms with Gasteiger partial charge in [0, 0.05) is 38.1 Å². The van der Waals surface area contributed by atoms with Gasteiger partial charge in [-0.3, -0.25) is 19.9 Å². The average Bonchev–Trinajstić information content (AvgIpc) is 2.54. The number of nitrogens with one attached hydrogen (secondary N) is 1. The van der Waals surface area contributed by atoms with E-state index in [1.54, 1.807) is 37.3 Å². The first-order valence-electron chi connectivity index (χ1n) is 7.07. The molecule has 1 amide bonds. The number of amides is 1. The third kappa shape index (κ3) is 3.82. The van der Waals surface area contributed by atoms with E-state index in [1.165, 1.54) is 12.1 Å². The van der Waals surface area contributed by atoms with Crippen LogP contribution in [-0.4, -0.2) is 29.9 Å². The number of nitro benzene ring substituents is 1. The van der Waals surface area contributed by atoms with Gasteiger partial charge in [-0.25, -0.2) is 0 Å². The quantitative estimate of drug-likeness (QED) is 0.677. The number of non-ortho nitro benzene ring substituents is 1. The number of carbonyl (C=O) groups is 1. The van der Waals surface area contributed by atoms with E-state index in [-0.39, 0.29) is 23.2 Å². The summed E-state index contributed by atoms with van der Waals surface area (Å²) in [6.07, 6.45) is 1.65. The van der Waals surface area contributed by atoms with Crippen LogP contribution in [-0.2, 0) is 0 Å². The van der Waals surface area contributed by atoms with Gasteiger partial charge in [0.05, 0.1) is 22.2 Å². The molecule has 7 heteroatoms. The summed E-state index contributed by atoms with van der Waals surface area (Å²) in [4.78, 5) is 28.9. The highest BCUT2D eigenvalue weighted by Gasteiger charge is 2.20. The number of nitro groups is 1. The van der Waals surface area contributed by atoms with Crippen molar-refractivity contribution in [1.29, 1.82) is 0 Å². The minimum absolute atomic E-state index is 0.119. The molecule has 0 aliphatic carbocycles. The van der Waals surface area contributed by atoms with Gasteiger partial charge in [0.25, 0.3) is 11.6 Å². The van der Waals surface area contributed by atoms with E-state index in [1.807, 2.05) is 19.1 Å². The van der Waals surface area contributed by atoms with Gasteiger partial charge in [-0.15, -0.1) is 0 Å². The van der Waals surface area contributed by atoms with Crippen molar-refractivity contribution in [1.82, 2.24) is 10.3 Å². The summed E-state index contributed by atoms with van der Waals surface area (Å²) < 4.78 is 0. The van der Waals surface area contributed by atoms with Gasteiger partial charge < -0.3 is 10.2 Å². The van der Waals surface area contributed by atoms with Crippen molar-refractivity contribution >= 4 is 17.3 Å². The molecule has 23 heavy (non-hydrogen) atoms. The first-order chi connectivity index (χ1) is 10.9. The van der Waals surface area contributed by atoms with Crippen LogP contribution in [0, 0.1) is 10.1 Å². The molecule has 2 rings (SSSR count). The van der Waals surface area contributed by atoms with Crippen molar-refractivity contribution in [2.75, 3.05) is 19.0 Å². The van der Waals surface area contributed by atoms with E-state index < -0.39 is 4.92 Å². The molecule has 2 aromatic rings. The number of anilines is 1. The van der Waals surface area contributed by atoms with Crippen LogP contribution in [0.1, 0.15) is 29.0 Å². The Hall–Kier alpha value is -2.96. The van der Waals surface area contributed by atoms with Crippen LogP contribution in [0.2, 0.25) is 0 Å². The maximum absolute atomic E-state index is 12.5. The summed E-state index contributed by atoms with van der Waals surface area (Å²) in [7, 11) is 3.56. The van der Waals surface area contributed by atoms with E-state index in [2.05, 4.69) is 10.3 Å². The lowest BCUT2D eigenvalue weighted by Gasteiger charge is -2.19. The summed E-state index contributed by atoms with van der Waals surface area (Å²) in [5.41, 5.74) is 1.47. The highest BCUT2D eigenvalue weighted by atomic mass is 16.6. The van der Waals surface area contributed by atoms with Gasteiger partial charge in [0.15, 0.2) is 0 Å². The molecule has 0 fully saturated rings. The molecule has 1 atom stereocenters. The second-order valence-corrected chi connectivity index (χ2v) is 5.30. The van der Waals surface area contributed by atoms with Crippen LogP contribution in [0.25, 0.3) is 0 Å². The van der Waals surface area contributed by atoms with Crippen LogP contribution in [0.15, 0.2) is 42.6 Å². The zero-order valence-electron chi connectivity index (χ0n) is 13.2. The van der Waals surface area contributed by atoms with Gasteiger partial charge in [-0.05, 0) is 25.1 Å². The Morgan fingerprint density at radius 2 is 2.04 bits per heavy atom. The average molecular weight is 314 g/mol. The molecular formula is C16H18N4O3. The van der Waals surface area contributed by atoms with Gasteiger partial charge in [0.1, 0.15) is 0 Å². The number of nitrogens with zero attached hydrogens (tertiary/aromatic N) is 3. The Bertz CT molecular complexity index is 717. The Morgan fingerprint density at radius 3 is 2.61 bits per heavy atom. The zero-order chi connectivity index (χ0) is 17.0. The number of hydrogen-bond acceptors (Lipinski definition) is 5. The van der Waals surface area contributed by atoms with E-state index in [9.17, 15) is 14.9 Å². The van der Waals surface area contributed by atoms with Gasteiger partial charge in [0.2, 0.25) is 0 Å². The van der Waals surface area contributed by atoms with Crippen molar-refractivity contribution < 1.29 is 9.72 Å². The molecule has 0 saturated heterocycles. The molecule has 0 radical (unpaired) electrons. The van der Waals surface area contributed by atoms with Crippen LogP contribution >= 0.6 is 0 Å². The molecule has 7 nitrogen and oxygen atoms in total. The first-order valence-corrected chi connectivity index (χ1v) is 7.07. The third-order valence-corrected chi connectivity index (χ3v) is 3.40. The second-order valence-electron chi connectivity index (χ2n) is 5.30. The summed E-state index contributed by atoms with van der Waals surface area (Å²) in [6.45, 7) is 1.81. The SMILES string of the molecule is CC(NC(=O)c1cc([N+](=O)[O-])ccc1N(C)C)c1ccccn1. The summed E-state index contributed by atoms with van der Waals surface area (Å²) in [5.74, 6) is -0.379. The van der Waals surface area contributed by atoms with Crippen molar-refractivity contribution in [3.63, 3.8) is 0 Å². The minimum Gasteiger partial charge on any atom is -0.377 e. The number of pyridine rings is 1. The third-order valence-electron chi connectivity index (χ3n) is 3.40. The van der Waals surface area contributed by atoms with E-state index in [0.29, 0.717) is 5.69 Å². The topological polar surface area (TPSA) is 88.4 Å². The van der Waals surface area contributed by atoms with Crippen LogP contribution < -0.4 is 10.2 Å². The van der Waals surface area contributed by atoms with Gasteiger partial charge in [-0.2, -0.15) is 0 Å². The van der Waals surface area contributed by atoms with Crippen molar-refractivity contribution in [2.45, 2.75) is 13.0 Å². The molecule has 0 aliphatic heterocycles. The summed E-state index contributed by atoms with van der Waals surface area (Å²) >= 11 is 0. The fourth-order valence-corrected chi connectivity index (χ4v) is 2.19. The second kappa shape index (κ2) is 6.87. The molecule has 1 N–H and O–H groups in total. The molecule has 1 heterocycles. The lowest BCUT2D eigenvalue weighted by atomic mass is 10.1. The number of aromatic nitrogens is 1. The molecular weight excluding hydrogens is 296 g/mol. The van der Waals surface area contributed by atoms with Crippen LogP contribution in [0.5, 0.6) is 0 Å². The molecule has 0 aliphatic rings. The first kappa shape index (κ1) is 16.4. The molecule has 0 bridgehead atoms. The largest absolute Gasteiger partial charge is 0.377 e. The molecule has 0 saturated carbocycles. The van der Waals surface area contributed by atoms with Crippen molar-refractivity contribution in [2.24, 2.45) is 0 Å². The van der Waals surface area contributed by atoms with Crippen molar-refractivity contribution in [3.05, 3.63) is 64.0 Å². The zero-order valence-corrected chi connectivity index (χ0v) is 13.2. The van der Waals surface area contributed by atoms with Crippen LogP contribution in [0.3, 0.4) is 0 Å². The van der Waals surface area contributed by atoms with E-state index >= 15 is 0 Å². The monoisotopic (exact) mass is 314 g/mol. The van der Waals surface area contributed by atoms with E-state index in [0.717, 1.165) is 5.69 Å². The molecule has 1 unspecified atom stereocenters. The fraction of sp³-hybridized carbons (Fsp3) is 0.250. The molecule has 120 valence electrons. The van der Waals surface area contributed by atoms with Gasteiger partial charge >= 0.3 is 0 Å². The minimum atomic E-state index is -0.515. The smallest absolute Gasteiger partial charge is 0.270 e. The number of carbonyl (C=O) groups excluding carboxylic acids is 1. The predicted octanol–water partition coefficient (Wildman–Crippen LogP) is 2.55. The summed E-state index contributed by atoms with van der Waals surface area (Å²) in [5, 5.41) is 13.8. The lowest BCUT2D eigenvalue weighted by Crippen LogP contribution is -2.29. The maximum atomic E-state index is 12.5. The van der Waals surface area contributed by atoms with Crippen LogP contribution in [0.4, 0.5) is 11.4 Å². The predicted molar refractivity (Wildman–Crippen MR) is 87.5 cm³/mol. The highest BCUT2D eigenvalue weighted by molar-refractivity contribution is 6.00. The maximum Gasteiger partial charge on any atom is 0.270 e. The Kier molecular flexibility index (Phi) is 4.90. The Balaban J connectivity index is 2.30. The highest BCUT2D eigenvalue weighted by Crippen LogP contribution is 2.24. The lowest BCUT2D eigenvalue weighted by molar-refractivity contribution is -0.384.